The standard InChI is InChI=1S/C8H3Br2FN2S/c9-4-2-1-3-5(11)6(4)7-12-13-8(10)14-7/h1-3H. The summed E-state index contributed by atoms with van der Waals surface area (Å²) < 4.78 is 14.8. The van der Waals surface area contributed by atoms with E-state index in [4.69, 9.17) is 0 Å². The van der Waals surface area contributed by atoms with E-state index in [2.05, 4.69) is 42.1 Å². The van der Waals surface area contributed by atoms with Gasteiger partial charge in [-0.2, -0.15) is 0 Å². The van der Waals surface area contributed by atoms with E-state index in [0.29, 0.717) is 19.0 Å². The van der Waals surface area contributed by atoms with Crippen molar-refractivity contribution < 1.29 is 4.39 Å². The molecule has 14 heavy (non-hydrogen) atoms. The minimum Gasteiger partial charge on any atom is -0.206 e. The normalized spacial score (nSPS) is 10.5. The SMILES string of the molecule is Fc1cccc(Br)c1-c1nnc(Br)s1. The Morgan fingerprint density at radius 1 is 1.21 bits per heavy atom. The van der Waals surface area contributed by atoms with Crippen LogP contribution in [0.4, 0.5) is 4.39 Å². The summed E-state index contributed by atoms with van der Waals surface area (Å²) in [5.74, 6) is -0.303. The van der Waals surface area contributed by atoms with Gasteiger partial charge in [0.05, 0.1) is 5.56 Å². The highest BCUT2D eigenvalue weighted by atomic mass is 79.9. The number of benzene rings is 1. The smallest absolute Gasteiger partial charge is 0.183 e. The Balaban J connectivity index is 2.61. The van der Waals surface area contributed by atoms with Crippen molar-refractivity contribution in [3.8, 4) is 10.6 Å². The molecule has 0 radical (unpaired) electrons. The predicted octanol–water partition coefficient (Wildman–Crippen LogP) is 3.87. The number of hydrogen-bond acceptors (Lipinski definition) is 3. The topological polar surface area (TPSA) is 25.8 Å². The summed E-state index contributed by atoms with van der Waals surface area (Å²) in [4.78, 5) is 0. The first-order valence-electron chi connectivity index (χ1n) is 3.62. The third-order valence-corrected chi connectivity index (χ3v) is 3.61. The lowest BCUT2D eigenvalue weighted by Gasteiger charge is -2.00. The van der Waals surface area contributed by atoms with Crippen LogP contribution in [0, 0.1) is 5.82 Å². The first kappa shape index (κ1) is 10.2. The second kappa shape index (κ2) is 4.04. The summed E-state index contributed by atoms with van der Waals surface area (Å²) in [7, 11) is 0. The summed E-state index contributed by atoms with van der Waals surface area (Å²) >= 11 is 7.76. The molecule has 0 aliphatic heterocycles. The largest absolute Gasteiger partial charge is 0.206 e. The van der Waals surface area contributed by atoms with Gasteiger partial charge in [0.2, 0.25) is 0 Å². The zero-order valence-electron chi connectivity index (χ0n) is 6.67. The minimum atomic E-state index is -0.303. The van der Waals surface area contributed by atoms with Crippen molar-refractivity contribution in [1.29, 1.82) is 0 Å². The first-order valence-corrected chi connectivity index (χ1v) is 6.02. The van der Waals surface area contributed by atoms with Gasteiger partial charge in [-0.25, -0.2) is 4.39 Å². The number of rotatable bonds is 1. The quantitative estimate of drug-likeness (QED) is 0.789. The number of halogens is 3. The van der Waals surface area contributed by atoms with Crippen molar-refractivity contribution in [3.63, 3.8) is 0 Å². The Kier molecular flexibility index (Phi) is 2.94. The van der Waals surface area contributed by atoms with Gasteiger partial charge in [-0.05, 0) is 44.0 Å². The van der Waals surface area contributed by atoms with Crippen LogP contribution in [0.1, 0.15) is 0 Å². The third-order valence-electron chi connectivity index (χ3n) is 1.58. The summed E-state index contributed by atoms with van der Waals surface area (Å²) in [5.41, 5.74) is 0.454. The molecule has 0 N–H and O–H groups in total. The molecular weight excluding hydrogens is 335 g/mol. The molecular formula is C8H3Br2FN2S. The van der Waals surface area contributed by atoms with Crippen molar-refractivity contribution in [1.82, 2.24) is 10.2 Å². The van der Waals surface area contributed by atoms with E-state index in [1.807, 2.05) is 0 Å². The number of aromatic nitrogens is 2. The maximum atomic E-state index is 13.4. The van der Waals surface area contributed by atoms with Gasteiger partial charge in [-0.3, -0.25) is 0 Å². The molecule has 0 unspecified atom stereocenters. The Hall–Kier alpha value is -0.330. The van der Waals surface area contributed by atoms with Gasteiger partial charge in [-0.15, -0.1) is 10.2 Å². The van der Waals surface area contributed by atoms with Crippen molar-refractivity contribution in [2.75, 3.05) is 0 Å². The van der Waals surface area contributed by atoms with E-state index < -0.39 is 0 Å². The molecule has 2 aromatic rings. The number of hydrogen-bond donors (Lipinski definition) is 0. The Morgan fingerprint density at radius 3 is 2.57 bits per heavy atom. The van der Waals surface area contributed by atoms with E-state index in [-0.39, 0.29) is 5.82 Å². The van der Waals surface area contributed by atoms with Gasteiger partial charge in [-0.1, -0.05) is 17.4 Å². The van der Waals surface area contributed by atoms with E-state index in [0.717, 1.165) is 0 Å². The maximum Gasteiger partial charge on any atom is 0.183 e. The van der Waals surface area contributed by atoms with Gasteiger partial charge in [0.1, 0.15) is 5.82 Å². The molecule has 1 aromatic heterocycles. The van der Waals surface area contributed by atoms with Crippen molar-refractivity contribution in [2.24, 2.45) is 0 Å². The van der Waals surface area contributed by atoms with Crippen LogP contribution in [-0.2, 0) is 0 Å². The highest BCUT2D eigenvalue weighted by molar-refractivity contribution is 9.11. The lowest BCUT2D eigenvalue weighted by atomic mass is 10.2. The van der Waals surface area contributed by atoms with Crippen LogP contribution < -0.4 is 0 Å². The summed E-state index contributed by atoms with van der Waals surface area (Å²) in [6, 6.07) is 4.81. The van der Waals surface area contributed by atoms with Gasteiger partial charge in [0, 0.05) is 4.47 Å². The van der Waals surface area contributed by atoms with Crippen LogP contribution in [-0.4, -0.2) is 10.2 Å². The zero-order valence-corrected chi connectivity index (χ0v) is 10.7. The highest BCUT2D eigenvalue weighted by Gasteiger charge is 2.13. The Bertz CT molecular complexity index is 452. The van der Waals surface area contributed by atoms with Gasteiger partial charge in [0.15, 0.2) is 8.92 Å². The fourth-order valence-corrected chi connectivity index (χ4v) is 2.84. The van der Waals surface area contributed by atoms with Gasteiger partial charge >= 0.3 is 0 Å². The molecule has 0 bridgehead atoms. The highest BCUT2D eigenvalue weighted by Crippen LogP contribution is 2.33. The number of nitrogens with zero attached hydrogens (tertiary/aromatic N) is 2. The fraction of sp³-hybridized carbons (Fsp3) is 0. The van der Waals surface area contributed by atoms with Crippen LogP contribution in [0.25, 0.3) is 10.6 Å². The van der Waals surface area contributed by atoms with E-state index in [1.165, 1.54) is 17.4 Å². The molecule has 1 aromatic carbocycles. The molecule has 0 saturated carbocycles. The molecule has 0 spiro atoms. The molecule has 72 valence electrons. The van der Waals surface area contributed by atoms with E-state index >= 15 is 0 Å². The van der Waals surface area contributed by atoms with Crippen LogP contribution in [0.5, 0.6) is 0 Å². The summed E-state index contributed by atoms with van der Waals surface area (Å²) in [6.07, 6.45) is 0. The molecule has 0 aliphatic carbocycles. The van der Waals surface area contributed by atoms with Crippen LogP contribution in [0.15, 0.2) is 26.6 Å². The lowest BCUT2D eigenvalue weighted by molar-refractivity contribution is 0.630. The third kappa shape index (κ3) is 1.87. The van der Waals surface area contributed by atoms with Gasteiger partial charge < -0.3 is 0 Å². The second-order valence-corrected chi connectivity index (χ2v) is 5.56. The molecule has 0 atom stereocenters. The second-order valence-electron chi connectivity index (χ2n) is 2.46. The molecule has 2 rings (SSSR count). The molecule has 2 nitrogen and oxygen atoms in total. The van der Waals surface area contributed by atoms with Crippen LogP contribution in [0.3, 0.4) is 0 Å². The molecule has 6 heteroatoms. The maximum absolute atomic E-state index is 13.4. The summed E-state index contributed by atoms with van der Waals surface area (Å²) in [5, 5.41) is 8.19. The first-order chi connectivity index (χ1) is 6.68. The summed E-state index contributed by atoms with van der Waals surface area (Å²) in [6.45, 7) is 0. The van der Waals surface area contributed by atoms with Crippen LogP contribution in [0.2, 0.25) is 0 Å². The zero-order chi connectivity index (χ0) is 10.1. The molecule has 1 heterocycles. The minimum absolute atomic E-state index is 0.303. The lowest BCUT2D eigenvalue weighted by Crippen LogP contribution is -1.84. The molecule has 0 amide bonds. The van der Waals surface area contributed by atoms with E-state index in [1.54, 1.807) is 12.1 Å². The fourth-order valence-electron chi connectivity index (χ4n) is 1.01. The van der Waals surface area contributed by atoms with Crippen molar-refractivity contribution in [2.45, 2.75) is 0 Å². The van der Waals surface area contributed by atoms with Crippen LogP contribution >= 0.6 is 43.2 Å². The average Bonchev–Trinajstić information content (AvgIpc) is 2.51. The van der Waals surface area contributed by atoms with E-state index in [9.17, 15) is 4.39 Å². The molecule has 0 saturated heterocycles. The van der Waals surface area contributed by atoms with Crippen molar-refractivity contribution >= 4 is 43.2 Å². The van der Waals surface area contributed by atoms with Gasteiger partial charge in [0.25, 0.3) is 0 Å². The average molecular weight is 338 g/mol. The monoisotopic (exact) mass is 336 g/mol. The predicted molar refractivity (Wildman–Crippen MR) is 60.7 cm³/mol. The van der Waals surface area contributed by atoms with Crippen molar-refractivity contribution in [3.05, 3.63) is 32.4 Å². The Labute approximate surface area is 100 Å². The Morgan fingerprint density at radius 2 is 2.00 bits per heavy atom. The molecule has 0 fully saturated rings. The molecule has 0 aliphatic rings.